The van der Waals surface area contributed by atoms with Gasteiger partial charge >= 0.3 is 0 Å². The molecule has 7 heteroatoms. The standard InChI is InChI=1S/C20H20N6S/c1-13(23-19-17-9-10-27-20(17)22-12-21-19)14-5-7-16(8-6-14)26-11-18(24-25-26)15-3-2-4-15/h5-13,15H,2-4H2,1H3,(H,21,22,23). The molecule has 1 N–H and O–H groups in total. The molecule has 3 heterocycles. The van der Waals surface area contributed by atoms with E-state index in [-0.39, 0.29) is 6.04 Å². The summed E-state index contributed by atoms with van der Waals surface area (Å²) in [5, 5.41) is 15.2. The minimum atomic E-state index is 0.137. The van der Waals surface area contributed by atoms with Crippen molar-refractivity contribution in [3.05, 3.63) is 59.5 Å². The average Bonchev–Trinajstić information content (AvgIpc) is 3.30. The quantitative estimate of drug-likeness (QED) is 0.546. The lowest BCUT2D eigenvalue weighted by atomic mass is 9.83. The average molecular weight is 376 g/mol. The number of hydrogen-bond donors (Lipinski definition) is 1. The summed E-state index contributed by atoms with van der Waals surface area (Å²) in [5.41, 5.74) is 3.34. The van der Waals surface area contributed by atoms with Crippen molar-refractivity contribution in [2.24, 2.45) is 0 Å². The monoisotopic (exact) mass is 376 g/mol. The van der Waals surface area contributed by atoms with Crippen LogP contribution in [0.5, 0.6) is 0 Å². The summed E-state index contributed by atoms with van der Waals surface area (Å²) in [7, 11) is 0. The third kappa shape index (κ3) is 3.08. The first-order valence-electron chi connectivity index (χ1n) is 9.25. The molecule has 0 spiro atoms. The van der Waals surface area contributed by atoms with E-state index in [1.54, 1.807) is 17.7 Å². The Morgan fingerprint density at radius 3 is 2.78 bits per heavy atom. The first kappa shape index (κ1) is 16.4. The van der Waals surface area contributed by atoms with Gasteiger partial charge in [-0.1, -0.05) is 23.8 Å². The number of rotatable bonds is 5. The number of anilines is 1. The lowest BCUT2D eigenvalue weighted by molar-refractivity contribution is 0.410. The number of aromatic nitrogens is 5. The number of hydrogen-bond acceptors (Lipinski definition) is 6. The van der Waals surface area contributed by atoms with Crippen LogP contribution < -0.4 is 5.32 Å². The van der Waals surface area contributed by atoms with Crippen molar-refractivity contribution in [2.75, 3.05) is 5.32 Å². The van der Waals surface area contributed by atoms with E-state index in [4.69, 9.17) is 0 Å². The van der Waals surface area contributed by atoms with Crippen molar-refractivity contribution in [3.63, 3.8) is 0 Å². The molecular weight excluding hydrogens is 356 g/mol. The number of nitrogens with one attached hydrogen (secondary N) is 1. The maximum Gasteiger partial charge on any atom is 0.138 e. The maximum atomic E-state index is 4.40. The number of benzene rings is 1. The Kier molecular flexibility index (Phi) is 4.09. The predicted molar refractivity (Wildman–Crippen MR) is 107 cm³/mol. The highest BCUT2D eigenvalue weighted by Gasteiger charge is 2.22. The summed E-state index contributed by atoms with van der Waals surface area (Å²) >= 11 is 1.63. The van der Waals surface area contributed by atoms with Gasteiger partial charge in [-0.05, 0) is 48.9 Å². The minimum absolute atomic E-state index is 0.137. The van der Waals surface area contributed by atoms with E-state index in [0.717, 1.165) is 27.4 Å². The number of fused-ring (bicyclic) bond motifs is 1. The van der Waals surface area contributed by atoms with Crippen LogP contribution in [0.25, 0.3) is 15.9 Å². The molecule has 4 aromatic rings. The minimum Gasteiger partial charge on any atom is -0.363 e. The van der Waals surface area contributed by atoms with Crippen LogP contribution >= 0.6 is 11.3 Å². The van der Waals surface area contributed by atoms with Crippen molar-refractivity contribution in [1.82, 2.24) is 25.0 Å². The molecule has 0 bridgehead atoms. The van der Waals surface area contributed by atoms with Gasteiger partial charge in [-0.15, -0.1) is 16.4 Å². The maximum absolute atomic E-state index is 4.40. The largest absolute Gasteiger partial charge is 0.363 e. The second-order valence-electron chi connectivity index (χ2n) is 7.04. The molecule has 1 unspecified atom stereocenters. The predicted octanol–water partition coefficient (Wildman–Crippen LogP) is 4.71. The first-order valence-corrected chi connectivity index (χ1v) is 10.1. The van der Waals surface area contributed by atoms with Gasteiger partial charge in [-0.3, -0.25) is 0 Å². The molecule has 0 aliphatic heterocycles. The second-order valence-corrected chi connectivity index (χ2v) is 7.93. The van der Waals surface area contributed by atoms with Crippen LogP contribution in [0.2, 0.25) is 0 Å². The van der Waals surface area contributed by atoms with Gasteiger partial charge < -0.3 is 5.32 Å². The van der Waals surface area contributed by atoms with E-state index in [9.17, 15) is 0 Å². The number of thiophene rings is 1. The summed E-state index contributed by atoms with van der Waals surface area (Å²) in [5.74, 6) is 1.48. The molecule has 3 aromatic heterocycles. The van der Waals surface area contributed by atoms with Gasteiger partial charge in [-0.2, -0.15) is 0 Å². The van der Waals surface area contributed by atoms with Crippen LogP contribution in [0.15, 0.2) is 48.2 Å². The zero-order valence-corrected chi connectivity index (χ0v) is 15.9. The Labute approximate surface area is 161 Å². The van der Waals surface area contributed by atoms with Crippen molar-refractivity contribution < 1.29 is 0 Å². The van der Waals surface area contributed by atoms with Crippen LogP contribution in [-0.4, -0.2) is 25.0 Å². The molecule has 6 nitrogen and oxygen atoms in total. The Morgan fingerprint density at radius 1 is 1.15 bits per heavy atom. The van der Waals surface area contributed by atoms with Gasteiger partial charge in [0.2, 0.25) is 0 Å². The van der Waals surface area contributed by atoms with Crippen LogP contribution in [0.3, 0.4) is 0 Å². The van der Waals surface area contributed by atoms with E-state index in [1.807, 2.05) is 10.1 Å². The van der Waals surface area contributed by atoms with Gasteiger partial charge in [-0.25, -0.2) is 14.6 Å². The normalized spacial score (nSPS) is 15.6. The lowest BCUT2D eigenvalue weighted by Gasteiger charge is -2.22. The van der Waals surface area contributed by atoms with Gasteiger partial charge in [0.05, 0.1) is 23.0 Å². The molecule has 136 valence electrons. The fourth-order valence-corrected chi connectivity index (χ4v) is 4.14. The molecule has 0 amide bonds. The Hall–Kier alpha value is -2.80. The Morgan fingerprint density at radius 2 is 2.00 bits per heavy atom. The fourth-order valence-electron chi connectivity index (χ4n) is 3.40. The molecule has 1 aromatic carbocycles. The van der Waals surface area contributed by atoms with Crippen LogP contribution in [-0.2, 0) is 0 Å². The van der Waals surface area contributed by atoms with Crippen molar-refractivity contribution in [3.8, 4) is 5.69 Å². The van der Waals surface area contributed by atoms with Crippen LogP contribution in [0, 0.1) is 0 Å². The lowest BCUT2D eigenvalue weighted by Crippen LogP contribution is -2.09. The zero-order valence-electron chi connectivity index (χ0n) is 15.0. The van der Waals surface area contributed by atoms with Gasteiger partial charge in [0, 0.05) is 12.0 Å². The smallest absolute Gasteiger partial charge is 0.138 e. The summed E-state index contributed by atoms with van der Waals surface area (Å²) in [6.07, 6.45) is 7.46. The SMILES string of the molecule is CC(Nc1ncnc2sccc12)c1ccc(-n2cc(C3CCC3)nn2)cc1. The molecule has 27 heavy (non-hydrogen) atoms. The third-order valence-electron chi connectivity index (χ3n) is 5.31. The Balaban J connectivity index is 1.33. The molecule has 1 aliphatic rings. The van der Waals surface area contributed by atoms with E-state index >= 15 is 0 Å². The Bertz CT molecular complexity index is 1060. The molecule has 0 saturated heterocycles. The van der Waals surface area contributed by atoms with E-state index in [1.165, 1.54) is 24.8 Å². The number of nitrogens with zero attached hydrogens (tertiary/aromatic N) is 5. The molecule has 0 radical (unpaired) electrons. The van der Waals surface area contributed by atoms with Crippen molar-refractivity contribution >= 4 is 27.4 Å². The van der Waals surface area contributed by atoms with Gasteiger partial charge in [0.15, 0.2) is 0 Å². The molecule has 1 fully saturated rings. The molecule has 1 saturated carbocycles. The molecular formula is C20H20N6S. The summed E-state index contributed by atoms with van der Waals surface area (Å²) < 4.78 is 1.87. The van der Waals surface area contributed by atoms with Gasteiger partial charge in [0.25, 0.3) is 0 Å². The fraction of sp³-hybridized carbons (Fsp3) is 0.300. The van der Waals surface area contributed by atoms with Crippen molar-refractivity contribution in [1.29, 1.82) is 0 Å². The second kappa shape index (κ2) is 6.74. The summed E-state index contributed by atoms with van der Waals surface area (Å²) in [4.78, 5) is 9.71. The van der Waals surface area contributed by atoms with Crippen LogP contribution in [0.1, 0.15) is 49.4 Å². The third-order valence-corrected chi connectivity index (χ3v) is 6.13. The zero-order chi connectivity index (χ0) is 18.2. The highest BCUT2D eigenvalue weighted by molar-refractivity contribution is 7.16. The van der Waals surface area contributed by atoms with Crippen LogP contribution in [0.4, 0.5) is 5.82 Å². The highest BCUT2D eigenvalue weighted by Crippen LogP contribution is 2.35. The van der Waals surface area contributed by atoms with Gasteiger partial charge in [0.1, 0.15) is 17.0 Å². The van der Waals surface area contributed by atoms with E-state index in [2.05, 4.69) is 69.0 Å². The molecule has 1 aliphatic carbocycles. The summed E-state index contributed by atoms with van der Waals surface area (Å²) in [6.45, 7) is 2.14. The van der Waals surface area contributed by atoms with E-state index < -0.39 is 0 Å². The topological polar surface area (TPSA) is 68.5 Å². The van der Waals surface area contributed by atoms with Crippen molar-refractivity contribution in [2.45, 2.75) is 38.1 Å². The highest BCUT2D eigenvalue weighted by atomic mass is 32.1. The summed E-state index contributed by atoms with van der Waals surface area (Å²) in [6, 6.07) is 10.6. The van der Waals surface area contributed by atoms with E-state index in [0.29, 0.717) is 5.92 Å². The first-order chi connectivity index (χ1) is 13.3. The molecule has 5 rings (SSSR count). The molecule has 1 atom stereocenters.